The first-order valence-corrected chi connectivity index (χ1v) is 7.98. The quantitative estimate of drug-likeness (QED) is 0.828. The highest BCUT2D eigenvalue weighted by Crippen LogP contribution is 2.30. The number of rotatable bonds is 2. The van der Waals surface area contributed by atoms with Crippen LogP contribution >= 0.6 is 11.3 Å². The number of aryl methyl sites for hydroxylation is 2. The molecule has 1 amide bonds. The zero-order chi connectivity index (χ0) is 14.3. The number of aromatic nitrogens is 1. The molecule has 1 unspecified atom stereocenters. The SMILES string of the molecule is CCc1cc(C(=O)N2CCn3cccc3C2C)sc1C. The van der Waals surface area contributed by atoms with E-state index < -0.39 is 0 Å². The van der Waals surface area contributed by atoms with E-state index in [-0.39, 0.29) is 11.9 Å². The van der Waals surface area contributed by atoms with Gasteiger partial charge >= 0.3 is 0 Å². The molecule has 20 heavy (non-hydrogen) atoms. The van der Waals surface area contributed by atoms with E-state index in [1.165, 1.54) is 16.1 Å². The second-order valence-corrected chi connectivity index (χ2v) is 6.60. The maximum Gasteiger partial charge on any atom is 0.264 e. The molecule has 1 aliphatic rings. The predicted molar refractivity (Wildman–Crippen MR) is 82.3 cm³/mol. The second-order valence-electron chi connectivity index (χ2n) is 5.35. The molecule has 1 atom stereocenters. The minimum Gasteiger partial charge on any atom is -0.348 e. The molecule has 4 heteroatoms. The molecule has 0 radical (unpaired) electrons. The van der Waals surface area contributed by atoms with E-state index in [0.29, 0.717) is 0 Å². The predicted octanol–water partition coefficient (Wildman–Crippen LogP) is 3.64. The van der Waals surface area contributed by atoms with Gasteiger partial charge in [0.05, 0.1) is 10.9 Å². The molecule has 0 N–H and O–H groups in total. The van der Waals surface area contributed by atoms with Crippen LogP contribution in [-0.4, -0.2) is 21.9 Å². The van der Waals surface area contributed by atoms with Crippen molar-refractivity contribution in [1.29, 1.82) is 0 Å². The zero-order valence-corrected chi connectivity index (χ0v) is 13.0. The van der Waals surface area contributed by atoms with Crippen LogP contribution in [0.2, 0.25) is 0 Å². The number of carbonyl (C=O) groups is 1. The van der Waals surface area contributed by atoms with Crippen LogP contribution in [0.1, 0.15) is 45.7 Å². The third kappa shape index (κ3) is 2.08. The Labute approximate surface area is 123 Å². The van der Waals surface area contributed by atoms with Crippen LogP contribution in [0, 0.1) is 6.92 Å². The molecule has 0 bridgehead atoms. The van der Waals surface area contributed by atoms with Gasteiger partial charge in [0.2, 0.25) is 0 Å². The van der Waals surface area contributed by atoms with Gasteiger partial charge < -0.3 is 9.47 Å². The van der Waals surface area contributed by atoms with Gasteiger partial charge in [-0.3, -0.25) is 4.79 Å². The monoisotopic (exact) mass is 288 g/mol. The van der Waals surface area contributed by atoms with E-state index in [0.717, 1.165) is 24.4 Å². The van der Waals surface area contributed by atoms with Crippen LogP contribution < -0.4 is 0 Å². The summed E-state index contributed by atoms with van der Waals surface area (Å²) in [6.07, 6.45) is 3.09. The number of thiophene rings is 1. The highest BCUT2D eigenvalue weighted by Gasteiger charge is 2.29. The zero-order valence-electron chi connectivity index (χ0n) is 12.2. The molecule has 0 saturated carbocycles. The van der Waals surface area contributed by atoms with Gasteiger partial charge in [-0.05, 0) is 44.0 Å². The average molecular weight is 288 g/mol. The van der Waals surface area contributed by atoms with E-state index in [1.54, 1.807) is 11.3 Å². The Balaban J connectivity index is 1.88. The molecule has 3 rings (SSSR count). The lowest BCUT2D eigenvalue weighted by molar-refractivity contribution is 0.0649. The standard InChI is InChI=1S/C16H20N2OS/c1-4-13-10-15(20-12(13)3)16(19)18-9-8-17-7-5-6-14(17)11(18)2/h5-7,10-11H,4,8-9H2,1-3H3. The van der Waals surface area contributed by atoms with Crippen molar-refractivity contribution in [2.45, 2.75) is 39.8 Å². The van der Waals surface area contributed by atoms with Crippen molar-refractivity contribution in [2.24, 2.45) is 0 Å². The maximum absolute atomic E-state index is 12.8. The smallest absolute Gasteiger partial charge is 0.264 e. The molecule has 106 valence electrons. The van der Waals surface area contributed by atoms with E-state index >= 15 is 0 Å². The van der Waals surface area contributed by atoms with Crippen molar-refractivity contribution in [3.8, 4) is 0 Å². The minimum atomic E-state index is 0.152. The van der Waals surface area contributed by atoms with Crippen molar-refractivity contribution in [3.05, 3.63) is 45.4 Å². The van der Waals surface area contributed by atoms with Crippen LogP contribution in [0.15, 0.2) is 24.4 Å². The summed E-state index contributed by atoms with van der Waals surface area (Å²) < 4.78 is 2.24. The van der Waals surface area contributed by atoms with E-state index in [1.807, 2.05) is 4.90 Å². The molecule has 2 aromatic rings. The number of amides is 1. The maximum atomic E-state index is 12.8. The Hall–Kier alpha value is -1.55. The summed E-state index contributed by atoms with van der Waals surface area (Å²) in [6, 6.07) is 6.40. The van der Waals surface area contributed by atoms with Gasteiger partial charge in [0.25, 0.3) is 5.91 Å². The first-order valence-electron chi connectivity index (χ1n) is 7.17. The molecule has 0 fully saturated rings. The molecule has 0 spiro atoms. The molecule has 0 aliphatic carbocycles. The second kappa shape index (κ2) is 5.09. The Morgan fingerprint density at radius 2 is 2.25 bits per heavy atom. The highest BCUT2D eigenvalue weighted by molar-refractivity contribution is 7.14. The lowest BCUT2D eigenvalue weighted by Gasteiger charge is -2.34. The first-order chi connectivity index (χ1) is 9.61. The number of hydrogen-bond acceptors (Lipinski definition) is 2. The Kier molecular flexibility index (Phi) is 3.42. The molecule has 3 heterocycles. The Morgan fingerprint density at radius 3 is 2.95 bits per heavy atom. The third-order valence-electron chi connectivity index (χ3n) is 4.22. The molecule has 3 nitrogen and oxygen atoms in total. The summed E-state index contributed by atoms with van der Waals surface area (Å²) in [4.78, 5) is 16.9. The van der Waals surface area contributed by atoms with Gasteiger partial charge in [0.1, 0.15) is 0 Å². The fraction of sp³-hybridized carbons (Fsp3) is 0.438. The van der Waals surface area contributed by atoms with Crippen LogP contribution in [0.25, 0.3) is 0 Å². The third-order valence-corrected chi connectivity index (χ3v) is 5.30. The lowest BCUT2D eigenvalue weighted by atomic mass is 10.1. The van der Waals surface area contributed by atoms with Crippen LogP contribution in [0.4, 0.5) is 0 Å². The lowest BCUT2D eigenvalue weighted by Crippen LogP contribution is -2.40. The summed E-state index contributed by atoms with van der Waals surface area (Å²) >= 11 is 1.63. The number of carbonyl (C=O) groups excluding carboxylic acids is 1. The minimum absolute atomic E-state index is 0.152. The van der Waals surface area contributed by atoms with E-state index in [9.17, 15) is 4.79 Å². The molecular weight excluding hydrogens is 268 g/mol. The summed E-state index contributed by atoms with van der Waals surface area (Å²) in [5.41, 5.74) is 2.53. The summed E-state index contributed by atoms with van der Waals surface area (Å²) in [5, 5.41) is 0. The van der Waals surface area contributed by atoms with Gasteiger partial charge in [-0.2, -0.15) is 0 Å². The van der Waals surface area contributed by atoms with Gasteiger partial charge in [-0.15, -0.1) is 11.3 Å². The van der Waals surface area contributed by atoms with E-state index in [2.05, 4.69) is 49.7 Å². The van der Waals surface area contributed by atoms with Crippen molar-refractivity contribution < 1.29 is 4.79 Å². The number of hydrogen-bond donors (Lipinski definition) is 0. The van der Waals surface area contributed by atoms with Crippen molar-refractivity contribution in [2.75, 3.05) is 6.54 Å². The highest BCUT2D eigenvalue weighted by atomic mass is 32.1. The van der Waals surface area contributed by atoms with Gasteiger partial charge in [0, 0.05) is 29.9 Å². The first kappa shape index (κ1) is 13.4. The topological polar surface area (TPSA) is 25.2 Å². The van der Waals surface area contributed by atoms with Crippen molar-refractivity contribution >= 4 is 17.2 Å². The van der Waals surface area contributed by atoms with E-state index in [4.69, 9.17) is 0 Å². The number of nitrogens with zero attached hydrogens (tertiary/aromatic N) is 2. The molecule has 0 aromatic carbocycles. The van der Waals surface area contributed by atoms with Crippen molar-refractivity contribution in [3.63, 3.8) is 0 Å². The fourth-order valence-electron chi connectivity index (χ4n) is 2.97. The van der Waals surface area contributed by atoms with Crippen LogP contribution in [0.5, 0.6) is 0 Å². The average Bonchev–Trinajstić information content (AvgIpc) is 3.05. The molecular formula is C16H20N2OS. The van der Waals surface area contributed by atoms with Crippen LogP contribution in [-0.2, 0) is 13.0 Å². The Bertz CT molecular complexity index is 641. The van der Waals surface area contributed by atoms with Gasteiger partial charge in [-0.1, -0.05) is 6.92 Å². The van der Waals surface area contributed by atoms with Gasteiger partial charge in [0.15, 0.2) is 0 Å². The normalized spacial score (nSPS) is 18.1. The van der Waals surface area contributed by atoms with Crippen LogP contribution in [0.3, 0.4) is 0 Å². The fourth-order valence-corrected chi connectivity index (χ4v) is 4.04. The molecule has 1 aliphatic heterocycles. The van der Waals surface area contributed by atoms with Gasteiger partial charge in [-0.25, -0.2) is 0 Å². The van der Waals surface area contributed by atoms with Crippen molar-refractivity contribution in [1.82, 2.24) is 9.47 Å². The molecule has 0 saturated heterocycles. The molecule has 2 aromatic heterocycles. The summed E-state index contributed by atoms with van der Waals surface area (Å²) in [7, 11) is 0. The Morgan fingerprint density at radius 1 is 1.45 bits per heavy atom. The summed E-state index contributed by atoms with van der Waals surface area (Å²) in [5.74, 6) is 0.178. The summed E-state index contributed by atoms with van der Waals surface area (Å²) in [6.45, 7) is 8.04. The largest absolute Gasteiger partial charge is 0.348 e. The number of fused-ring (bicyclic) bond motifs is 1.